The van der Waals surface area contributed by atoms with E-state index in [2.05, 4.69) is 24.0 Å². The van der Waals surface area contributed by atoms with Crippen LogP contribution in [0, 0.1) is 5.92 Å². The third-order valence-corrected chi connectivity index (χ3v) is 4.42. The molecule has 116 valence electrons. The summed E-state index contributed by atoms with van der Waals surface area (Å²) in [4.78, 5) is 19.1. The number of aromatic nitrogens is 2. The van der Waals surface area contributed by atoms with Crippen LogP contribution < -0.4 is 0 Å². The summed E-state index contributed by atoms with van der Waals surface area (Å²) in [6, 6.07) is 7.59. The molecule has 0 N–H and O–H groups in total. The maximum absolute atomic E-state index is 12.7. The van der Waals surface area contributed by atoms with Gasteiger partial charge in [-0.25, -0.2) is 0 Å². The van der Waals surface area contributed by atoms with E-state index >= 15 is 0 Å². The molecule has 2 heterocycles. The van der Waals surface area contributed by atoms with Crippen LogP contribution in [-0.2, 0) is 13.0 Å². The molecule has 22 heavy (non-hydrogen) atoms. The number of benzene rings is 1. The number of aryl methyl sites for hydroxylation is 1. The molecule has 3 rings (SSSR count). The minimum Gasteiger partial charge on any atom is -0.337 e. The van der Waals surface area contributed by atoms with Gasteiger partial charge in [0.2, 0.25) is 5.89 Å². The van der Waals surface area contributed by atoms with Crippen molar-refractivity contribution < 1.29 is 9.32 Å². The van der Waals surface area contributed by atoms with Crippen molar-refractivity contribution in [2.75, 3.05) is 0 Å². The van der Waals surface area contributed by atoms with Gasteiger partial charge in [-0.05, 0) is 17.5 Å². The molecular weight excluding hydrogens is 278 g/mol. The van der Waals surface area contributed by atoms with Crippen LogP contribution in [0.15, 0.2) is 28.8 Å². The molecule has 0 unspecified atom stereocenters. The SMILES string of the molecule is CCc1noc([C@@H]([C@@H](C)CC)N2Cc3ccccc3C2=O)n1. The zero-order chi connectivity index (χ0) is 15.7. The summed E-state index contributed by atoms with van der Waals surface area (Å²) < 4.78 is 5.45. The van der Waals surface area contributed by atoms with Crippen LogP contribution in [0.25, 0.3) is 0 Å². The van der Waals surface area contributed by atoms with Crippen molar-refractivity contribution in [3.63, 3.8) is 0 Å². The van der Waals surface area contributed by atoms with E-state index in [-0.39, 0.29) is 17.9 Å². The first-order chi connectivity index (χ1) is 10.7. The average molecular weight is 299 g/mol. The first kappa shape index (κ1) is 14.8. The van der Waals surface area contributed by atoms with E-state index in [1.165, 1.54) is 0 Å². The summed E-state index contributed by atoms with van der Waals surface area (Å²) in [5, 5.41) is 3.99. The van der Waals surface area contributed by atoms with Gasteiger partial charge < -0.3 is 9.42 Å². The standard InChI is InChI=1S/C17H21N3O2/c1-4-11(3)15(16-18-14(5-2)19-22-16)20-10-12-8-6-7-9-13(12)17(20)21/h6-9,11,15H,4-5,10H2,1-3H3/t11-,15+/m0/s1. The maximum Gasteiger partial charge on any atom is 0.255 e. The molecule has 0 aliphatic carbocycles. The van der Waals surface area contributed by atoms with E-state index in [0.29, 0.717) is 18.3 Å². The van der Waals surface area contributed by atoms with Gasteiger partial charge in [-0.3, -0.25) is 4.79 Å². The van der Waals surface area contributed by atoms with Crippen LogP contribution in [0.5, 0.6) is 0 Å². The Kier molecular flexibility index (Phi) is 3.96. The Hall–Kier alpha value is -2.17. The fourth-order valence-corrected chi connectivity index (χ4v) is 2.94. The van der Waals surface area contributed by atoms with Crippen molar-refractivity contribution in [2.45, 2.75) is 46.2 Å². The molecule has 1 aromatic heterocycles. The van der Waals surface area contributed by atoms with Gasteiger partial charge >= 0.3 is 0 Å². The van der Waals surface area contributed by atoms with Crippen molar-refractivity contribution in [2.24, 2.45) is 5.92 Å². The number of amides is 1. The molecule has 1 aliphatic heterocycles. The summed E-state index contributed by atoms with van der Waals surface area (Å²) >= 11 is 0. The number of carbonyl (C=O) groups excluding carboxylic acids is 1. The molecule has 5 nitrogen and oxygen atoms in total. The maximum atomic E-state index is 12.7. The Morgan fingerprint density at radius 2 is 2.09 bits per heavy atom. The zero-order valence-electron chi connectivity index (χ0n) is 13.2. The molecule has 2 atom stereocenters. The highest BCUT2D eigenvalue weighted by Gasteiger charge is 2.38. The predicted octanol–water partition coefficient (Wildman–Crippen LogP) is 3.38. The van der Waals surface area contributed by atoms with Crippen LogP contribution >= 0.6 is 0 Å². The van der Waals surface area contributed by atoms with Crippen LogP contribution in [0.3, 0.4) is 0 Å². The molecule has 0 bridgehead atoms. The van der Waals surface area contributed by atoms with Crippen LogP contribution in [0.4, 0.5) is 0 Å². The monoisotopic (exact) mass is 299 g/mol. The molecule has 0 fully saturated rings. The van der Waals surface area contributed by atoms with Crippen molar-refractivity contribution >= 4 is 5.91 Å². The van der Waals surface area contributed by atoms with Gasteiger partial charge in [0.05, 0.1) is 0 Å². The Morgan fingerprint density at radius 1 is 1.32 bits per heavy atom. The summed E-state index contributed by atoms with van der Waals surface area (Å²) in [7, 11) is 0. The minimum absolute atomic E-state index is 0.0529. The lowest BCUT2D eigenvalue weighted by molar-refractivity contribution is 0.0578. The number of rotatable bonds is 5. The largest absolute Gasteiger partial charge is 0.337 e. The molecular formula is C17H21N3O2. The molecule has 2 aromatic rings. The third kappa shape index (κ3) is 2.40. The fraction of sp³-hybridized carbons (Fsp3) is 0.471. The summed E-state index contributed by atoms with van der Waals surface area (Å²) in [6.45, 7) is 6.83. The number of carbonyl (C=O) groups is 1. The quantitative estimate of drug-likeness (QED) is 0.849. The van der Waals surface area contributed by atoms with E-state index < -0.39 is 0 Å². The lowest BCUT2D eigenvalue weighted by atomic mass is 9.97. The Bertz CT molecular complexity index is 680. The van der Waals surface area contributed by atoms with Crippen molar-refractivity contribution in [1.82, 2.24) is 15.0 Å². The van der Waals surface area contributed by atoms with Gasteiger partial charge in [0.15, 0.2) is 5.82 Å². The zero-order valence-corrected chi connectivity index (χ0v) is 13.2. The number of hydrogen-bond donors (Lipinski definition) is 0. The van der Waals surface area contributed by atoms with Gasteiger partial charge in [-0.2, -0.15) is 4.98 Å². The summed E-state index contributed by atoms with van der Waals surface area (Å²) in [5.41, 5.74) is 1.85. The van der Waals surface area contributed by atoms with Gasteiger partial charge in [-0.1, -0.05) is 50.5 Å². The van der Waals surface area contributed by atoms with Crippen LogP contribution in [-0.4, -0.2) is 20.9 Å². The van der Waals surface area contributed by atoms with Gasteiger partial charge in [0.1, 0.15) is 6.04 Å². The molecule has 0 radical (unpaired) electrons. The van der Waals surface area contributed by atoms with Gasteiger partial charge in [0, 0.05) is 18.5 Å². The van der Waals surface area contributed by atoms with Gasteiger partial charge in [-0.15, -0.1) is 0 Å². The second-order valence-corrected chi connectivity index (χ2v) is 5.82. The predicted molar refractivity (Wildman–Crippen MR) is 82.2 cm³/mol. The number of fused-ring (bicyclic) bond motifs is 1. The molecule has 0 spiro atoms. The van der Waals surface area contributed by atoms with E-state index in [1.807, 2.05) is 36.1 Å². The lowest BCUT2D eigenvalue weighted by Crippen LogP contribution is -2.33. The first-order valence-electron chi connectivity index (χ1n) is 7.87. The summed E-state index contributed by atoms with van der Waals surface area (Å²) in [6.07, 6.45) is 1.67. The Labute approximate surface area is 130 Å². The van der Waals surface area contributed by atoms with Crippen molar-refractivity contribution in [1.29, 1.82) is 0 Å². The molecule has 1 aromatic carbocycles. The van der Waals surface area contributed by atoms with Crippen LogP contribution in [0.2, 0.25) is 0 Å². The molecule has 0 saturated carbocycles. The first-order valence-corrected chi connectivity index (χ1v) is 7.87. The van der Waals surface area contributed by atoms with Gasteiger partial charge in [0.25, 0.3) is 5.91 Å². The smallest absolute Gasteiger partial charge is 0.255 e. The molecule has 1 aliphatic rings. The number of hydrogen-bond acceptors (Lipinski definition) is 4. The third-order valence-electron chi connectivity index (χ3n) is 4.42. The van der Waals surface area contributed by atoms with E-state index in [0.717, 1.165) is 24.0 Å². The van der Waals surface area contributed by atoms with Crippen molar-refractivity contribution in [3.05, 3.63) is 47.1 Å². The Balaban J connectivity index is 1.96. The average Bonchev–Trinajstić information content (AvgIpc) is 3.14. The highest BCUT2D eigenvalue weighted by Crippen LogP contribution is 2.36. The Morgan fingerprint density at radius 3 is 2.73 bits per heavy atom. The van der Waals surface area contributed by atoms with Crippen LogP contribution in [0.1, 0.15) is 60.9 Å². The lowest BCUT2D eigenvalue weighted by Gasteiger charge is -2.29. The summed E-state index contributed by atoms with van der Waals surface area (Å²) in [5.74, 6) is 1.54. The molecule has 0 saturated heterocycles. The van der Waals surface area contributed by atoms with Crippen molar-refractivity contribution in [3.8, 4) is 0 Å². The number of nitrogens with zero attached hydrogens (tertiary/aromatic N) is 3. The highest BCUT2D eigenvalue weighted by atomic mass is 16.5. The second kappa shape index (κ2) is 5.91. The second-order valence-electron chi connectivity index (χ2n) is 5.82. The molecule has 5 heteroatoms. The van der Waals surface area contributed by atoms with E-state index in [4.69, 9.17) is 4.52 Å². The normalized spacial score (nSPS) is 16.7. The topological polar surface area (TPSA) is 59.2 Å². The fourth-order valence-electron chi connectivity index (χ4n) is 2.94. The van der Waals surface area contributed by atoms with E-state index in [9.17, 15) is 4.79 Å². The highest BCUT2D eigenvalue weighted by molar-refractivity contribution is 5.98. The minimum atomic E-state index is -0.169. The van der Waals surface area contributed by atoms with E-state index in [1.54, 1.807) is 0 Å². The molecule has 1 amide bonds.